The number of amides is 1. The molecule has 1 atom stereocenters. The third kappa shape index (κ3) is 5.34. The molecule has 1 aromatic carbocycles. The molecule has 1 heterocycles. The number of benzene rings is 1. The van der Waals surface area contributed by atoms with Crippen LogP contribution in [0.25, 0.3) is 10.9 Å². The monoisotopic (exact) mass is 405 g/mol. The first-order chi connectivity index (χ1) is 13.4. The predicted octanol–water partition coefficient (Wildman–Crippen LogP) is 5.25. The van der Waals surface area contributed by atoms with E-state index in [2.05, 4.69) is 13.8 Å². The van der Waals surface area contributed by atoms with Crippen LogP contribution in [-0.2, 0) is 11.8 Å². The van der Waals surface area contributed by atoms with Gasteiger partial charge in [-0.15, -0.1) is 0 Å². The lowest BCUT2D eigenvalue weighted by atomic mass is 10.1. The maximum Gasteiger partial charge on any atom is 0.261 e. The summed E-state index contributed by atoms with van der Waals surface area (Å²) in [6.07, 6.45) is 6.77. The van der Waals surface area contributed by atoms with Crippen molar-refractivity contribution >= 4 is 28.4 Å². The molecule has 0 saturated heterocycles. The highest BCUT2D eigenvalue weighted by molar-refractivity contribution is 6.31. The number of fused-ring (bicyclic) bond motifs is 1. The number of halogens is 1. The minimum absolute atomic E-state index is 0.139. The van der Waals surface area contributed by atoms with Gasteiger partial charge in [-0.2, -0.15) is 0 Å². The molecular formula is C22H32ClN3O2. The van der Waals surface area contributed by atoms with Gasteiger partial charge in [0, 0.05) is 25.0 Å². The molecule has 0 spiro atoms. The molecule has 0 saturated carbocycles. The molecule has 0 aliphatic heterocycles. The van der Waals surface area contributed by atoms with Gasteiger partial charge in [-0.1, -0.05) is 51.1 Å². The maximum absolute atomic E-state index is 12.9. The summed E-state index contributed by atoms with van der Waals surface area (Å²) >= 11 is 6.04. The van der Waals surface area contributed by atoms with Crippen molar-refractivity contribution in [1.29, 1.82) is 0 Å². The largest absolute Gasteiger partial charge is 0.333 e. The zero-order valence-corrected chi connectivity index (χ0v) is 18.3. The number of nitrogens with zero attached hydrogens (tertiary/aromatic N) is 3. The van der Waals surface area contributed by atoms with Gasteiger partial charge in [-0.05, 0) is 38.0 Å². The summed E-state index contributed by atoms with van der Waals surface area (Å²) in [6, 6.07) is 4.88. The summed E-state index contributed by atoms with van der Waals surface area (Å²) in [5.41, 5.74) is 0.473. The van der Waals surface area contributed by atoms with Gasteiger partial charge in [0.25, 0.3) is 5.56 Å². The lowest BCUT2D eigenvalue weighted by Gasteiger charge is -2.30. The van der Waals surface area contributed by atoms with E-state index in [0.29, 0.717) is 34.7 Å². The quantitative estimate of drug-likeness (QED) is 0.507. The van der Waals surface area contributed by atoms with E-state index in [1.807, 2.05) is 11.8 Å². The van der Waals surface area contributed by atoms with Crippen LogP contribution >= 0.6 is 11.6 Å². The molecule has 1 amide bonds. The minimum Gasteiger partial charge on any atom is -0.333 e. The van der Waals surface area contributed by atoms with E-state index in [4.69, 9.17) is 16.6 Å². The normalized spacial score (nSPS) is 12.3. The van der Waals surface area contributed by atoms with Crippen molar-refractivity contribution in [2.24, 2.45) is 7.05 Å². The maximum atomic E-state index is 12.9. The van der Waals surface area contributed by atoms with Crippen LogP contribution in [-0.4, -0.2) is 26.9 Å². The molecule has 0 fully saturated rings. The van der Waals surface area contributed by atoms with E-state index in [0.717, 1.165) is 38.5 Å². The third-order valence-electron chi connectivity index (χ3n) is 5.23. The zero-order chi connectivity index (χ0) is 20.7. The van der Waals surface area contributed by atoms with Crippen molar-refractivity contribution < 1.29 is 4.79 Å². The standard InChI is InChI=1S/C22H32ClN3O2/c1-5-7-9-10-11-20(27)26(14-8-6-2)16(3)21-24-19-13-12-17(23)15-18(19)22(28)25(21)4/h12-13,15-16H,5-11,14H2,1-4H3. The highest BCUT2D eigenvalue weighted by Crippen LogP contribution is 2.23. The van der Waals surface area contributed by atoms with Crippen LogP contribution in [0.2, 0.25) is 5.02 Å². The molecule has 154 valence electrons. The fourth-order valence-electron chi connectivity index (χ4n) is 3.48. The van der Waals surface area contributed by atoms with E-state index in [-0.39, 0.29) is 17.5 Å². The molecule has 1 aromatic heterocycles. The number of hydrogen-bond acceptors (Lipinski definition) is 3. The van der Waals surface area contributed by atoms with Crippen LogP contribution in [0.1, 0.15) is 77.6 Å². The Labute approximate surface area is 172 Å². The van der Waals surface area contributed by atoms with Crippen LogP contribution < -0.4 is 5.56 Å². The predicted molar refractivity (Wildman–Crippen MR) is 116 cm³/mol. The van der Waals surface area contributed by atoms with Gasteiger partial charge in [-0.25, -0.2) is 4.98 Å². The Morgan fingerprint density at radius 2 is 1.89 bits per heavy atom. The number of aromatic nitrogens is 2. The van der Waals surface area contributed by atoms with Crippen LogP contribution in [0.5, 0.6) is 0 Å². The Morgan fingerprint density at radius 3 is 2.57 bits per heavy atom. The van der Waals surface area contributed by atoms with E-state index in [1.165, 1.54) is 0 Å². The Bertz CT molecular complexity index is 863. The van der Waals surface area contributed by atoms with Crippen LogP contribution in [0.4, 0.5) is 0 Å². The number of carbonyl (C=O) groups is 1. The van der Waals surface area contributed by atoms with E-state index < -0.39 is 0 Å². The van der Waals surface area contributed by atoms with Crippen molar-refractivity contribution in [2.75, 3.05) is 6.54 Å². The fourth-order valence-corrected chi connectivity index (χ4v) is 3.65. The number of unbranched alkanes of at least 4 members (excludes halogenated alkanes) is 4. The summed E-state index contributed by atoms with van der Waals surface area (Å²) in [5, 5.41) is 1.01. The van der Waals surface area contributed by atoms with E-state index in [1.54, 1.807) is 29.8 Å². The topological polar surface area (TPSA) is 55.2 Å². The molecule has 0 aliphatic carbocycles. The van der Waals surface area contributed by atoms with Gasteiger partial charge in [0.15, 0.2) is 0 Å². The Hall–Kier alpha value is -1.88. The molecular weight excluding hydrogens is 374 g/mol. The second-order valence-corrected chi connectivity index (χ2v) is 7.86. The molecule has 6 heteroatoms. The molecule has 0 aliphatic rings. The first-order valence-electron chi connectivity index (χ1n) is 10.4. The highest BCUT2D eigenvalue weighted by Gasteiger charge is 2.24. The third-order valence-corrected chi connectivity index (χ3v) is 5.47. The number of hydrogen-bond donors (Lipinski definition) is 0. The lowest BCUT2D eigenvalue weighted by Crippen LogP contribution is -2.37. The molecule has 0 radical (unpaired) electrons. The molecule has 2 aromatic rings. The van der Waals surface area contributed by atoms with Gasteiger partial charge in [0.2, 0.25) is 5.91 Å². The van der Waals surface area contributed by atoms with Gasteiger partial charge in [0.1, 0.15) is 5.82 Å². The van der Waals surface area contributed by atoms with Crippen molar-refractivity contribution in [2.45, 2.75) is 71.8 Å². The Morgan fingerprint density at radius 1 is 1.18 bits per heavy atom. The summed E-state index contributed by atoms with van der Waals surface area (Å²) in [5.74, 6) is 0.750. The average Bonchev–Trinajstić information content (AvgIpc) is 2.68. The average molecular weight is 406 g/mol. The van der Waals surface area contributed by atoms with E-state index in [9.17, 15) is 9.59 Å². The number of carbonyl (C=O) groups excluding carboxylic acids is 1. The lowest BCUT2D eigenvalue weighted by molar-refractivity contribution is -0.133. The first kappa shape index (κ1) is 22.4. The van der Waals surface area contributed by atoms with Crippen molar-refractivity contribution in [3.05, 3.63) is 39.4 Å². The van der Waals surface area contributed by atoms with E-state index >= 15 is 0 Å². The van der Waals surface area contributed by atoms with Gasteiger partial charge in [0.05, 0.1) is 16.9 Å². The second kappa shape index (κ2) is 10.6. The highest BCUT2D eigenvalue weighted by atomic mass is 35.5. The van der Waals surface area contributed by atoms with Crippen molar-refractivity contribution in [1.82, 2.24) is 14.5 Å². The molecule has 28 heavy (non-hydrogen) atoms. The summed E-state index contributed by atoms with van der Waals surface area (Å²) in [7, 11) is 1.71. The number of rotatable bonds is 10. The summed E-state index contributed by atoms with van der Waals surface area (Å²) < 4.78 is 1.55. The summed E-state index contributed by atoms with van der Waals surface area (Å²) in [6.45, 7) is 6.92. The second-order valence-electron chi connectivity index (χ2n) is 7.42. The van der Waals surface area contributed by atoms with Crippen LogP contribution in [0.15, 0.2) is 23.0 Å². The van der Waals surface area contributed by atoms with Crippen LogP contribution in [0, 0.1) is 0 Å². The van der Waals surface area contributed by atoms with Gasteiger partial charge in [-0.3, -0.25) is 14.2 Å². The zero-order valence-electron chi connectivity index (χ0n) is 17.5. The smallest absolute Gasteiger partial charge is 0.261 e. The molecule has 0 N–H and O–H groups in total. The SMILES string of the molecule is CCCCCCC(=O)N(CCCC)C(C)c1nc2ccc(Cl)cc2c(=O)n1C. The summed E-state index contributed by atoms with van der Waals surface area (Å²) in [4.78, 5) is 32.3. The first-order valence-corrected chi connectivity index (χ1v) is 10.7. The molecule has 5 nitrogen and oxygen atoms in total. The van der Waals surface area contributed by atoms with Gasteiger partial charge < -0.3 is 4.90 Å². The van der Waals surface area contributed by atoms with Crippen molar-refractivity contribution in [3.63, 3.8) is 0 Å². The Kier molecular flexibility index (Phi) is 8.49. The Balaban J connectivity index is 2.33. The molecule has 2 rings (SSSR count). The fraction of sp³-hybridized carbons (Fsp3) is 0.591. The van der Waals surface area contributed by atoms with Crippen molar-refractivity contribution in [3.8, 4) is 0 Å². The van der Waals surface area contributed by atoms with Crippen LogP contribution in [0.3, 0.4) is 0 Å². The molecule has 1 unspecified atom stereocenters. The van der Waals surface area contributed by atoms with Gasteiger partial charge >= 0.3 is 0 Å². The molecule has 0 bridgehead atoms. The minimum atomic E-state index is -0.261.